The van der Waals surface area contributed by atoms with Gasteiger partial charge in [-0.05, 0) is 30.5 Å². The highest BCUT2D eigenvalue weighted by Gasteiger charge is 2.36. The van der Waals surface area contributed by atoms with E-state index in [0.29, 0.717) is 37.0 Å². The van der Waals surface area contributed by atoms with Gasteiger partial charge in [0, 0.05) is 43.2 Å². The highest BCUT2D eigenvalue weighted by Crippen LogP contribution is 2.35. The first-order chi connectivity index (χ1) is 14.5. The number of piperidine rings is 1. The van der Waals surface area contributed by atoms with Gasteiger partial charge < -0.3 is 9.47 Å². The molecule has 156 valence electrons. The van der Waals surface area contributed by atoms with Crippen molar-refractivity contribution >= 4 is 23.3 Å². The molecule has 9 heteroatoms. The van der Waals surface area contributed by atoms with Crippen LogP contribution in [-0.4, -0.2) is 54.0 Å². The zero-order chi connectivity index (χ0) is 20.8. The van der Waals surface area contributed by atoms with Gasteiger partial charge in [0.15, 0.2) is 11.5 Å². The molecule has 0 aliphatic carbocycles. The Balaban J connectivity index is 1.28. The maximum atomic E-state index is 12.9. The highest BCUT2D eigenvalue weighted by atomic mass is 32.2. The fraction of sp³-hybridized carbons (Fsp3) is 0.476. The summed E-state index contributed by atoms with van der Waals surface area (Å²) in [6.07, 6.45) is 1.05. The average molecular weight is 425 g/mol. The van der Waals surface area contributed by atoms with Crippen LogP contribution < -0.4 is 5.56 Å². The summed E-state index contributed by atoms with van der Waals surface area (Å²) in [5.74, 6) is 2.08. The predicted molar refractivity (Wildman–Crippen MR) is 114 cm³/mol. The van der Waals surface area contributed by atoms with Crippen LogP contribution in [0.25, 0.3) is 5.65 Å². The van der Waals surface area contributed by atoms with Crippen LogP contribution in [-0.2, 0) is 11.3 Å². The number of likely N-dealkylation sites (tertiary alicyclic amines) is 1. The summed E-state index contributed by atoms with van der Waals surface area (Å²) < 4.78 is 3.65. The Kier molecular flexibility index (Phi) is 4.85. The number of hydrogen-bond donors (Lipinski definition) is 0. The lowest BCUT2D eigenvalue weighted by Gasteiger charge is -2.42. The van der Waals surface area contributed by atoms with Gasteiger partial charge in [0.1, 0.15) is 5.03 Å². The van der Waals surface area contributed by atoms with Gasteiger partial charge in [-0.2, -0.15) is 9.61 Å². The van der Waals surface area contributed by atoms with E-state index in [2.05, 4.69) is 29.1 Å². The number of nitrogens with zero attached hydrogens (tertiary/aromatic N) is 6. The van der Waals surface area contributed by atoms with Crippen molar-refractivity contribution < 1.29 is 4.79 Å². The number of amides is 1. The average Bonchev–Trinajstić information content (AvgIpc) is 3.16. The van der Waals surface area contributed by atoms with Crippen LogP contribution in [0.5, 0.6) is 0 Å². The van der Waals surface area contributed by atoms with E-state index in [-0.39, 0.29) is 23.3 Å². The van der Waals surface area contributed by atoms with E-state index < -0.39 is 0 Å². The van der Waals surface area contributed by atoms with Gasteiger partial charge in [-0.25, -0.2) is 0 Å². The van der Waals surface area contributed by atoms with Gasteiger partial charge in [0.25, 0.3) is 5.56 Å². The normalized spacial score (nSPS) is 20.6. The fourth-order valence-electron chi connectivity index (χ4n) is 4.55. The lowest BCUT2D eigenvalue weighted by Crippen LogP contribution is -2.49. The maximum Gasteiger partial charge on any atom is 0.250 e. The molecule has 2 atom stereocenters. The van der Waals surface area contributed by atoms with Gasteiger partial charge in [0.2, 0.25) is 5.91 Å². The second-order valence-corrected chi connectivity index (χ2v) is 9.44. The van der Waals surface area contributed by atoms with Crippen molar-refractivity contribution in [2.24, 2.45) is 5.92 Å². The zero-order valence-electron chi connectivity index (χ0n) is 17.1. The first kappa shape index (κ1) is 19.3. The lowest BCUT2D eigenvalue weighted by molar-refractivity contribution is -0.131. The third-order valence-corrected chi connectivity index (χ3v) is 6.86. The second-order valence-electron chi connectivity index (χ2n) is 8.44. The molecule has 5 heterocycles. The number of thioether (sulfide) groups is 1. The van der Waals surface area contributed by atoms with Crippen LogP contribution in [0.1, 0.15) is 43.6 Å². The Morgan fingerprint density at radius 3 is 2.87 bits per heavy atom. The van der Waals surface area contributed by atoms with Gasteiger partial charge >= 0.3 is 0 Å². The zero-order valence-corrected chi connectivity index (χ0v) is 17.9. The van der Waals surface area contributed by atoms with Crippen LogP contribution >= 0.6 is 11.8 Å². The molecule has 3 aromatic rings. The Bertz CT molecular complexity index is 1170. The molecule has 2 aliphatic heterocycles. The van der Waals surface area contributed by atoms with Crippen LogP contribution in [0, 0.1) is 5.92 Å². The molecule has 2 bridgehead atoms. The number of fused-ring (bicyclic) bond motifs is 5. The highest BCUT2D eigenvalue weighted by molar-refractivity contribution is 7.99. The van der Waals surface area contributed by atoms with Crippen molar-refractivity contribution in [1.82, 2.24) is 29.3 Å². The van der Waals surface area contributed by atoms with Crippen molar-refractivity contribution in [1.29, 1.82) is 0 Å². The van der Waals surface area contributed by atoms with E-state index in [4.69, 9.17) is 0 Å². The number of pyridine rings is 1. The topological polar surface area (TPSA) is 85.4 Å². The molecule has 1 amide bonds. The smallest absolute Gasteiger partial charge is 0.250 e. The van der Waals surface area contributed by atoms with Crippen LogP contribution in [0.2, 0.25) is 0 Å². The van der Waals surface area contributed by atoms with E-state index >= 15 is 0 Å². The first-order valence-corrected chi connectivity index (χ1v) is 11.3. The summed E-state index contributed by atoms with van der Waals surface area (Å²) in [6, 6.07) is 9.24. The largest absolute Gasteiger partial charge is 0.341 e. The molecule has 2 unspecified atom stereocenters. The van der Waals surface area contributed by atoms with E-state index in [0.717, 1.165) is 23.0 Å². The van der Waals surface area contributed by atoms with E-state index in [1.54, 1.807) is 10.6 Å². The Labute approximate surface area is 178 Å². The number of carbonyl (C=O) groups excluding carboxylic acids is 1. The lowest BCUT2D eigenvalue weighted by atomic mass is 9.83. The summed E-state index contributed by atoms with van der Waals surface area (Å²) in [5.41, 5.74) is 1.84. The Morgan fingerprint density at radius 1 is 1.17 bits per heavy atom. The molecule has 1 fully saturated rings. The SMILES string of the molecule is CC(C)c1nnc2ccc(SCC(=O)N3CC4CC(C3)c3cccc(=O)n3C4)nn12. The van der Waals surface area contributed by atoms with Gasteiger partial charge in [-0.15, -0.1) is 10.2 Å². The van der Waals surface area contributed by atoms with E-state index in [9.17, 15) is 9.59 Å². The number of carbonyl (C=O) groups is 1. The fourth-order valence-corrected chi connectivity index (χ4v) is 5.31. The number of aromatic nitrogens is 5. The van der Waals surface area contributed by atoms with Gasteiger partial charge in [-0.1, -0.05) is 31.7 Å². The molecule has 0 aromatic carbocycles. The molecule has 30 heavy (non-hydrogen) atoms. The minimum atomic E-state index is 0.0637. The molecule has 1 saturated heterocycles. The number of rotatable bonds is 4. The Hall–Kier alpha value is -2.68. The molecule has 0 N–H and O–H groups in total. The van der Waals surface area contributed by atoms with Gasteiger partial charge in [0.05, 0.1) is 5.75 Å². The molecular formula is C21H24N6O2S. The van der Waals surface area contributed by atoms with Crippen molar-refractivity contribution in [2.75, 3.05) is 18.8 Å². The third kappa shape index (κ3) is 3.40. The van der Waals surface area contributed by atoms with Crippen LogP contribution in [0.15, 0.2) is 40.2 Å². The Morgan fingerprint density at radius 2 is 2.03 bits per heavy atom. The van der Waals surface area contributed by atoms with E-state index in [1.165, 1.54) is 11.8 Å². The van der Waals surface area contributed by atoms with Crippen molar-refractivity contribution in [2.45, 2.75) is 43.7 Å². The molecular weight excluding hydrogens is 400 g/mol. The monoisotopic (exact) mass is 424 g/mol. The van der Waals surface area contributed by atoms with Crippen molar-refractivity contribution in [3.63, 3.8) is 0 Å². The summed E-state index contributed by atoms with van der Waals surface area (Å²) in [7, 11) is 0. The molecule has 0 radical (unpaired) electrons. The molecule has 8 nitrogen and oxygen atoms in total. The predicted octanol–water partition coefficient (Wildman–Crippen LogP) is 2.15. The van der Waals surface area contributed by atoms with Crippen LogP contribution in [0.3, 0.4) is 0 Å². The third-order valence-electron chi connectivity index (χ3n) is 5.95. The molecule has 3 aromatic heterocycles. The summed E-state index contributed by atoms with van der Waals surface area (Å²) in [4.78, 5) is 27.1. The van der Waals surface area contributed by atoms with Crippen molar-refractivity contribution in [3.8, 4) is 0 Å². The standard InChI is InChI=1S/C21H24N6O2S/c1-13(2)21-23-22-17-6-7-18(24-27(17)21)30-12-20(29)25-9-14-8-15(11-25)16-4-3-5-19(28)26(16)10-14/h3-7,13-15H,8-12H2,1-2H3. The molecule has 0 saturated carbocycles. The second kappa shape index (κ2) is 7.54. The molecule has 0 spiro atoms. The maximum absolute atomic E-state index is 12.9. The first-order valence-electron chi connectivity index (χ1n) is 10.3. The van der Waals surface area contributed by atoms with Crippen LogP contribution in [0.4, 0.5) is 0 Å². The summed E-state index contributed by atoms with van der Waals surface area (Å²) in [5, 5.41) is 13.8. The number of hydrogen-bond acceptors (Lipinski definition) is 6. The molecule has 5 rings (SSSR count). The minimum absolute atomic E-state index is 0.0637. The summed E-state index contributed by atoms with van der Waals surface area (Å²) in [6.45, 7) is 6.20. The van der Waals surface area contributed by atoms with E-state index in [1.807, 2.05) is 33.7 Å². The van der Waals surface area contributed by atoms with Crippen molar-refractivity contribution in [3.05, 3.63) is 52.2 Å². The minimum Gasteiger partial charge on any atom is -0.341 e. The van der Waals surface area contributed by atoms with Gasteiger partial charge in [-0.3, -0.25) is 9.59 Å². The molecule has 2 aliphatic rings. The summed E-state index contributed by atoms with van der Waals surface area (Å²) >= 11 is 1.44. The quantitative estimate of drug-likeness (QED) is 0.597.